The molecule has 26 heavy (non-hydrogen) atoms. The molecule has 1 aromatic carbocycles. The number of nitrogen functional groups attached to an aromatic ring is 1. The van der Waals surface area contributed by atoms with Crippen molar-refractivity contribution in [3.63, 3.8) is 0 Å². The summed E-state index contributed by atoms with van der Waals surface area (Å²) in [7, 11) is 0. The molecule has 136 valence electrons. The number of nitrogens with one attached hydrogen (secondary N) is 1. The van der Waals surface area contributed by atoms with Gasteiger partial charge in [0.1, 0.15) is 16.5 Å². The van der Waals surface area contributed by atoms with E-state index >= 15 is 0 Å². The molecule has 3 rings (SSSR count). The number of para-hydroxylation sites is 1. The maximum absolute atomic E-state index is 12.6. The van der Waals surface area contributed by atoms with Gasteiger partial charge in [0.25, 0.3) is 5.91 Å². The number of rotatable bonds is 6. The van der Waals surface area contributed by atoms with Crippen LogP contribution in [0, 0.1) is 3.95 Å². The lowest BCUT2D eigenvalue weighted by Gasteiger charge is -2.15. The summed E-state index contributed by atoms with van der Waals surface area (Å²) in [5.41, 5.74) is 9.68. The molecule has 0 fully saturated rings. The van der Waals surface area contributed by atoms with Crippen LogP contribution in [0.15, 0.2) is 41.0 Å². The summed E-state index contributed by atoms with van der Waals surface area (Å²) in [5.74, 6) is 0.817. The topological polar surface area (TPSA) is 73.2 Å². The molecule has 3 aromatic rings. The standard InChI is InChI=1S/C19H21N3O2S2/c1-3-12-7-5-8-13(4-2)15(12)22-17(20)16(26-19(22)25)18(23)21-11-14-9-6-10-24-14/h5-10H,3-4,11,20H2,1-2H3,(H,21,23). The van der Waals surface area contributed by atoms with Crippen LogP contribution in [0.3, 0.4) is 0 Å². The summed E-state index contributed by atoms with van der Waals surface area (Å²) in [4.78, 5) is 13.0. The van der Waals surface area contributed by atoms with Crippen LogP contribution in [0.1, 0.15) is 40.4 Å². The minimum atomic E-state index is -0.249. The molecule has 3 N–H and O–H groups in total. The summed E-state index contributed by atoms with van der Waals surface area (Å²) in [6.07, 6.45) is 3.30. The van der Waals surface area contributed by atoms with E-state index in [4.69, 9.17) is 22.4 Å². The van der Waals surface area contributed by atoms with Crippen LogP contribution in [0.25, 0.3) is 5.69 Å². The molecule has 0 saturated carbocycles. The third-order valence-electron chi connectivity index (χ3n) is 4.24. The number of carbonyl (C=O) groups excluding carboxylic acids is 1. The van der Waals surface area contributed by atoms with Gasteiger partial charge in [0.05, 0.1) is 18.5 Å². The molecular weight excluding hydrogens is 366 g/mol. The molecule has 0 spiro atoms. The Morgan fingerprint density at radius 2 is 1.92 bits per heavy atom. The van der Waals surface area contributed by atoms with E-state index in [9.17, 15) is 4.79 Å². The number of amides is 1. The van der Waals surface area contributed by atoms with E-state index in [1.165, 1.54) is 11.3 Å². The number of hydrogen-bond acceptors (Lipinski definition) is 5. The summed E-state index contributed by atoms with van der Waals surface area (Å²) in [6.45, 7) is 4.50. The van der Waals surface area contributed by atoms with Crippen molar-refractivity contribution in [1.29, 1.82) is 0 Å². The summed E-state index contributed by atoms with van der Waals surface area (Å²) in [5, 5.41) is 2.83. The molecule has 0 bridgehead atoms. The van der Waals surface area contributed by atoms with Gasteiger partial charge in [-0.1, -0.05) is 43.4 Å². The summed E-state index contributed by atoms with van der Waals surface area (Å²) in [6, 6.07) is 9.78. The van der Waals surface area contributed by atoms with Crippen LogP contribution in [-0.4, -0.2) is 10.5 Å². The van der Waals surface area contributed by atoms with Gasteiger partial charge in [-0.25, -0.2) is 0 Å². The number of aromatic nitrogens is 1. The lowest BCUT2D eigenvalue weighted by Crippen LogP contribution is -2.23. The van der Waals surface area contributed by atoms with E-state index in [-0.39, 0.29) is 5.91 Å². The molecule has 7 heteroatoms. The molecule has 0 saturated heterocycles. The zero-order valence-corrected chi connectivity index (χ0v) is 16.4. The van der Waals surface area contributed by atoms with Crippen molar-refractivity contribution < 1.29 is 9.21 Å². The fourth-order valence-corrected chi connectivity index (χ4v) is 4.18. The van der Waals surface area contributed by atoms with Gasteiger partial charge >= 0.3 is 0 Å². The van der Waals surface area contributed by atoms with Gasteiger partial charge in [0.2, 0.25) is 0 Å². The van der Waals surface area contributed by atoms with Gasteiger partial charge in [-0.15, -0.1) is 0 Å². The van der Waals surface area contributed by atoms with E-state index in [0.29, 0.717) is 27.0 Å². The van der Waals surface area contributed by atoms with Crippen molar-refractivity contribution in [2.75, 3.05) is 5.73 Å². The van der Waals surface area contributed by atoms with Gasteiger partial charge in [0.15, 0.2) is 3.95 Å². The van der Waals surface area contributed by atoms with Gasteiger partial charge in [-0.3, -0.25) is 9.36 Å². The summed E-state index contributed by atoms with van der Waals surface area (Å²) < 4.78 is 7.64. The SMILES string of the molecule is CCc1cccc(CC)c1-n1c(N)c(C(=O)NCc2ccco2)sc1=S. The molecule has 2 heterocycles. The van der Waals surface area contributed by atoms with Crippen LogP contribution in [-0.2, 0) is 19.4 Å². The summed E-state index contributed by atoms with van der Waals surface area (Å²) >= 11 is 6.77. The average molecular weight is 388 g/mol. The molecule has 0 aliphatic heterocycles. The fraction of sp³-hybridized carbons (Fsp3) is 0.263. The molecule has 0 aliphatic rings. The van der Waals surface area contributed by atoms with E-state index in [1.54, 1.807) is 12.3 Å². The highest BCUT2D eigenvalue weighted by Crippen LogP contribution is 2.30. The Morgan fingerprint density at radius 1 is 1.23 bits per heavy atom. The van der Waals surface area contributed by atoms with Gasteiger partial charge in [0, 0.05) is 0 Å². The number of benzene rings is 1. The fourth-order valence-electron chi connectivity index (χ4n) is 2.92. The van der Waals surface area contributed by atoms with E-state index in [1.807, 2.05) is 16.7 Å². The minimum absolute atomic E-state index is 0.249. The second-order valence-electron chi connectivity index (χ2n) is 5.81. The number of thiazole rings is 1. The van der Waals surface area contributed by atoms with E-state index in [0.717, 1.165) is 29.7 Å². The van der Waals surface area contributed by atoms with Crippen LogP contribution in [0.2, 0.25) is 0 Å². The van der Waals surface area contributed by atoms with Crippen molar-refractivity contribution in [3.8, 4) is 5.69 Å². The predicted octanol–water partition coefficient (Wildman–Crippen LogP) is 4.50. The van der Waals surface area contributed by atoms with Crippen LogP contribution >= 0.6 is 23.6 Å². The molecule has 0 aliphatic carbocycles. The maximum atomic E-state index is 12.6. The average Bonchev–Trinajstić information content (AvgIpc) is 3.27. The first-order valence-corrected chi connectivity index (χ1v) is 9.72. The Morgan fingerprint density at radius 3 is 2.50 bits per heavy atom. The number of anilines is 1. The monoisotopic (exact) mass is 387 g/mol. The molecule has 5 nitrogen and oxygen atoms in total. The van der Waals surface area contributed by atoms with Crippen molar-refractivity contribution in [1.82, 2.24) is 9.88 Å². The van der Waals surface area contributed by atoms with Crippen LogP contribution in [0.5, 0.6) is 0 Å². The number of nitrogens with zero attached hydrogens (tertiary/aromatic N) is 1. The van der Waals surface area contributed by atoms with Crippen LogP contribution in [0.4, 0.5) is 5.82 Å². The van der Waals surface area contributed by atoms with Gasteiger partial charge < -0.3 is 15.5 Å². The highest BCUT2D eigenvalue weighted by atomic mass is 32.1. The minimum Gasteiger partial charge on any atom is -0.467 e. The Hall–Kier alpha value is -2.38. The highest BCUT2D eigenvalue weighted by Gasteiger charge is 2.20. The number of hydrogen-bond donors (Lipinski definition) is 2. The van der Waals surface area contributed by atoms with Crippen molar-refractivity contribution >= 4 is 35.3 Å². The Bertz CT molecular complexity index is 949. The molecule has 0 radical (unpaired) electrons. The first-order chi connectivity index (χ1) is 12.6. The van der Waals surface area contributed by atoms with Crippen molar-refractivity contribution in [2.45, 2.75) is 33.2 Å². The number of nitrogens with two attached hydrogens (primary N) is 1. The lowest BCUT2D eigenvalue weighted by molar-refractivity contribution is 0.0952. The lowest BCUT2D eigenvalue weighted by atomic mass is 10.0. The van der Waals surface area contributed by atoms with Crippen molar-refractivity contribution in [3.05, 3.63) is 62.3 Å². The number of aryl methyl sites for hydroxylation is 2. The molecule has 1 amide bonds. The van der Waals surface area contributed by atoms with Crippen LogP contribution < -0.4 is 11.1 Å². The molecule has 2 aromatic heterocycles. The zero-order valence-electron chi connectivity index (χ0n) is 14.7. The smallest absolute Gasteiger partial charge is 0.265 e. The Kier molecular flexibility index (Phi) is 5.58. The molecule has 0 atom stereocenters. The third kappa shape index (κ3) is 3.45. The van der Waals surface area contributed by atoms with Gasteiger partial charge in [-0.2, -0.15) is 0 Å². The number of carbonyl (C=O) groups is 1. The quantitative estimate of drug-likeness (QED) is 0.611. The van der Waals surface area contributed by atoms with Gasteiger partial charge in [-0.05, 0) is 48.3 Å². The highest BCUT2D eigenvalue weighted by molar-refractivity contribution is 7.73. The number of furan rings is 1. The molecule has 0 unspecified atom stereocenters. The predicted molar refractivity (Wildman–Crippen MR) is 108 cm³/mol. The van der Waals surface area contributed by atoms with E-state index < -0.39 is 0 Å². The Labute approximate surface area is 161 Å². The second-order valence-corrected chi connectivity index (χ2v) is 7.46. The second kappa shape index (κ2) is 7.88. The largest absolute Gasteiger partial charge is 0.467 e. The third-order valence-corrected chi connectivity index (χ3v) is 5.63. The first-order valence-electron chi connectivity index (χ1n) is 8.49. The Balaban J connectivity index is 1.99. The first kappa shape index (κ1) is 18.4. The zero-order chi connectivity index (χ0) is 18.7. The van der Waals surface area contributed by atoms with Crippen molar-refractivity contribution in [2.24, 2.45) is 0 Å². The van der Waals surface area contributed by atoms with E-state index in [2.05, 4.69) is 31.3 Å². The molecular formula is C19H21N3O2S2. The normalized spacial score (nSPS) is 10.8. The maximum Gasteiger partial charge on any atom is 0.265 e.